The summed E-state index contributed by atoms with van der Waals surface area (Å²) in [7, 11) is 3.49. The number of anilines is 1. The van der Waals surface area contributed by atoms with E-state index in [1.54, 1.807) is 14.2 Å². The Hall–Kier alpha value is -2.10. The Morgan fingerprint density at radius 2 is 1.72 bits per heavy atom. The zero-order valence-electron chi connectivity index (χ0n) is 11.1. The molecule has 4 nitrogen and oxygen atoms in total. The van der Waals surface area contributed by atoms with E-state index in [1.165, 1.54) is 0 Å². The third-order valence-electron chi connectivity index (χ3n) is 2.93. The number of nitrogens with zero attached hydrogens (tertiary/aromatic N) is 2. The molecule has 1 heterocycles. The van der Waals surface area contributed by atoms with Gasteiger partial charge in [0.15, 0.2) is 0 Å². The van der Waals surface area contributed by atoms with Crippen molar-refractivity contribution in [1.29, 1.82) is 0 Å². The van der Waals surface area contributed by atoms with E-state index in [4.69, 9.17) is 4.74 Å². The molecule has 2 rings (SSSR count). The fourth-order valence-corrected chi connectivity index (χ4v) is 1.92. The summed E-state index contributed by atoms with van der Waals surface area (Å²) in [6.45, 7) is 4.09. The van der Waals surface area contributed by atoms with Crippen LogP contribution in [0, 0.1) is 13.8 Å². The molecule has 0 fully saturated rings. The van der Waals surface area contributed by atoms with Crippen LogP contribution in [0.1, 0.15) is 11.1 Å². The van der Waals surface area contributed by atoms with Gasteiger partial charge in [-0.05, 0) is 42.7 Å². The van der Waals surface area contributed by atoms with Gasteiger partial charge in [-0.1, -0.05) is 0 Å². The molecule has 0 saturated carbocycles. The molecule has 0 spiro atoms. The SMILES string of the molecule is CNc1ncc(-c2cc(C)c(OC)cc2C)cn1. The van der Waals surface area contributed by atoms with Crippen molar-refractivity contribution in [2.75, 3.05) is 19.5 Å². The summed E-state index contributed by atoms with van der Waals surface area (Å²) in [4.78, 5) is 8.47. The highest BCUT2D eigenvalue weighted by molar-refractivity contribution is 5.68. The smallest absolute Gasteiger partial charge is 0.222 e. The van der Waals surface area contributed by atoms with E-state index >= 15 is 0 Å². The van der Waals surface area contributed by atoms with E-state index in [0.29, 0.717) is 5.95 Å². The molecule has 2 aromatic rings. The van der Waals surface area contributed by atoms with Gasteiger partial charge in [-0.25, -0.2) is 9.97 Å². The molecular formula is C14H17N3O. The lowest BCUT2D eigenvalue weighted by Crippen LogP contribution is -1.96. The fourth-order valence-electron chi connectivity index (χ4n) is 1.92. The molecule has 0 bridgehead atoms. The number of aryl methyl sites for hydroxylation is 2. The summed E-state index contributed by atoms with van der Waals surface area (Å²) in [5.74, 6) is 1.53. The van der Waals surface area contributed by atoms with Gasteiger partial charge < -0.3 is 10.1 Å². The van der Waals surface area contributed by atoms with Gasteiger partial charge in [-0.2, -0.15) is 0 Å². The predicted octanol–water partition coefficient (Wildman–Crippen LogP) is 2.81. The Kier molecular flexibility index (Phi) is 3.46. The van der Waals surface area contributed by atoms with Gasteiger partial charge in [0, 0.05) is 25.0 Å². The van der Waals surface area contributed by atoms with Crippen LogP contribution >= 0.6 is 0 Å². The molecule has 0 radical (unpaired) electrons. The second-order valence-corrected chi connectivity index (χ2v) is 4.18. The van der Waals surface area contributed by atoms with Crippen molar-refractivity contribution in [3.8, 4) is 16.9 Å². The van der Waals surface area contributed by atoms with Crippen LogP contribution in [0.5, 0.6) is 5.75 Å². The zero-order valence-corrected chi connectivity index (χ0v) is 11.1. The van der Waals surface area contributed by atoms with Crippen molar-refractivity contribution >= 4 is 5.95 Å². The van der Waals surface area contributed by atoms with E-state index in [2.05, 4.69) is 28.3 Å². The van der Waals surface area contributed by atoms with Crippen molar-refractivity contribution in [3.63, 3.8) is 0 Å². The number of nitrogens with one attached hydrogen (secondary N) is 1. The maximum Gasteiger partial charge on any atom is 0.222 e. The summed E-state index contributed by atoms with van der Waals surface area (Å²) in [5, 5.41) is 2.91. The van der Waals surface area contributed by atoms with Crippen molar-refractivity contribution in [1.82, 2.24) is 9.97 Å². The van der Waals surface area contributed by atoms with Crippen molar-refractivity contribution in [2.45, 2.75) is 13.8 Å². The summed E-state index contributed by atoms with van der Waals surface area (Å²) in [6, 6.07) is 4.14. The monoisotopic (exact) mass is 243 g/mol. The number of hydrogen-bond donors (Lipinski definition) is 1. The van der Waals surface area contributed by atoms with Crippen LogP contribution in [0.2, 0.25) is 0 Å². The van der Waals surface area contributed by atoms with Crippen molar-refractivity contribution in [3.05, 3.63) is 35.7 Å². The first kappa shape index (κ1) is 12.4. The lowest BCUT2D eigenvalue weighted by molar-refractivity contribution is 0.411. The van der Waals surface area contributed by atoms with E-state index < -0.39 is 0 Å². The highest BCUT2D eigenvalue weighted by atomic mass is 16.5. The van der Waals surface area contributed by atoms with Gasteiger partial charge in [0.05, 0.1) is 7.11 Å². The number of benzene rings is 1. The van der Waals surface area contributed by atoms with Gasteiger partial charge in [0.1, 0.15) is 5.75 Å². The average molecular weight is 243 g/mol. The predicted molar refractivity (Wildman–Crippen MR) is 73.0 cm³/mol. The number of hydrogen-bond acceptors (Lipinski definition) is 4. The second kappa shape index (κ2) is 5.04. The van der Waals surface area contributed by atoms with Gasteiger partial charge >= 0.3 is 0 Å². The van der Waals surface area contributed by atoms with Crippen LogP contribution < -0.4 is 10.1 Å². The fraction of sp³-hybridized carbons (Fsp3) is 0.286. The molecule has 0 saturated heterocycles. The topological polar surface area (TPSA) is 47.0 Å². The number of ether oxygens (including phenoxy) is 1. The molecule has 0 amide bonds. The summed E-state index contributed by atoms with van der Waals surface area (Å²) < 4.78 is 5.31. The second-order valence-electron chi connectivity index (χ2n) is 4.18. The summed E-state index contributed by atoms with van der Waals surface area (Å²) in [6.07, 6.45) is 3.65. The number of methoxy groups -OCH3 is 1. The minimum atomic E-state index is 0.627. The first-order valence-electron chi connectivity index (χ1n) is 5.81. The quantitative estimate of drug-likeness (QED) is 0.900. The molecule has 18 heavy (non-hydrogen) atoms. The lowest BCUT2D eigenvalue weighted by Gasteiger charge is -2.11. The molecule has 1 N–H and O–H groups in total. The minimum absolute atomic E-state index is 0.627. The normalized spacial score (nSPS) is 10.2. The van der Waals surface area contributed by atoms with Crippen LogP contribution in [0.25, 0.3) is 11.1 Å². The Balaban J connectivity index is 2.46. The van der Waals surface area contributed by atoms with E-state index in [1.807, 2.05) is 25.4 Å². The Morgan fingerprint density at radius 3 is 2.28 bits per heavy atom. The molecule has 94 valence electrons. The van der Waals surface area contributed by atoms with Crippen LogP contribution in [0.4, 0.5) is 5.95 Å². The van der Waals surface area contributed by atoms with E-state index in [-0.39, 0.29) is 0 Å². The highest BCUT2D eigenvalue weighted by Crippen LogP contribution is 2.29. The zero-order chi connectivity index (χ0) is 13.1. The number of rotatable bonds is 3. The number of aromatic nitrogens is 2. The van der Waals surface area contributed by atoms with Gasteiger partial charge in [-0.15, -0.1) is 0 Å². The average Bonchev–Trinajstić information content (AvgIpc) is 2.41. The molecule has 1 aromatic heterocycles. The van der Waals surface area contributed by atoms with Crippen molar-refractivity contribution < 1.29 is 4.74 Å². The Labute approximate surface area is 107 Å². The molecular weight excluding hydrogens is 226 g/mol. The highest BCUT2D eigenvalue weighted by Gasteiger charge is 2.07. The summed E-state index contributed by atoms with van der Waals surface area (Å²) >= 11 is 0. The molecule has 0 atom stereocenters. The van der Waals surface area contributed by atoms with Crippen LogP contribution in [0.15, 0.2) is 24.5 Å². The van der Waals surface area contributed by atoms with Gasteiger partial charge in [-0.3, -0.25) is 0 Å². The molecule has 4 heteroatoms. The minimum Gasteiger partial charge on any atom is -0.496 e. The molecule has 0 aliphatic heterocycles. The first-order chi connectivity index (χ1) is 8.65. The first-order valence-corrected chi connectivity index (χ1v) is 5.81. The third-order valence-corrected chi connectivity index (χ3v) is 2.93. The lowest BCUT2D eigenvalue weighted by atomic mass is 10.00. The largest absolute Gasteiger partial charge is 0.496 e. The summed E-state index contributed by atoms with van der Waals surface area (Å²) in [5.41, 5.74) is 4.40. The molecule has 0 unspecified atom stereocenters. The molecule has 0 aliphatic carbocycles. The van der Waals surface area contributed by atoms with Crippen LogP contribution in [-0.2, 0) is 0 Å². The maximum atomic E-state index is 5.31. The third kappa shape index (κ3) is 2.27. The van der Waals surface area contributed by atoms with Gasteiger partial charge in [0.2, 0.25) is 5.95 Å². The maximum absolute atomic E-state index is 5.31. The van der Waals surface area contributed by atoms with Crippen LogP contribution in [-0.4, -0.2) is 24.1 Å². The van der Waals surface area contributed by atoms with Crippen LogP contribution in [0.3, 0.4) is 0 Å². The standard InChI is InChI=1S/C14H17N3O/c1-9-6-13(18-4)10(2)5-12(9)11-7-16-14(15-3)17-8-11/h5-8H,1-4H3,(H,15,16,17). The Morgan fingerprint density at radius 1 is 1.06 bits per heavy atom. The van der Waals surface area contributed by atoms with E-state index in [0.717, 1.165) is 28.0 Å². The van der Waals surface area contributed by atoms with Gasteiger partial charge in [0.25, 0.3) is 0 Å². The van der Waals surface area contributed by atoms with E-state index in [9.17, 15) is 0 Å². The molecule has 1 aromatic carbocycles. The Bertz CT molecular complexity index is 550. The van der Waals surface area contributed by atoms with Crippen molar-refractivity contribution in [2.24, 2.45) is 0 Å². The molecule has 0 aliphatic rings.